The molecule has 1 aromatic heterocycles. The van der Waals surface area contributed by atoms with E-state index in [0.717, 1.165) is 11.1 Å². The van der Waals surface area contributed by atoms with Crippen molar-refractivity contribution in [2.75, 3.05) is 13.1 Å². The molecule has 0 spiro atoms. The number of amides is 1. The second kappa shape index (κ2) is 8.26. The van der Waals surface area contributed by atoms with Gasteiger partial charge in [-0.15, -0.1) is 0 Å². The van der Waals surface area contributed by atoms with Gasteiger partial charge in [-0.05, 0) is 18.6 Å². The van der Waals surface area contributed by atoms with Gasteiger partial charge >= 0.3 is 0 Å². The number of aromatic nitrogens is 2. The molecule has 9 heteroatoms. The minimum atomic E-state index is -3.78. The van der Waals surface area contributed by atoms with Crippen molar-refractivity contribution in [2.24, 2.45) is 7.05 Å². The van der Waals surface area contributed by atoms with Crippen molar-refractivity contribution in [3.8, 4) is 0 Å². The predicted octanol–water partition coefficient (Wildman–Crippen LogP) is 0.989. The highest BCUT2D eigenvalue weighted by molar-refractivity contribution is 7.89. The van der Waals surface area contributed by atoms with Crippen LogP contribution >= 0.6 is 0 Å². The first kappa shape index (κ1) is 20.2. The first-order chi connectivity index (χ1) is 13.3. The largest absolute Gasteiger partial charge is 0.370 e. The van der Waals surface area contributed by atoms with Crippen LogP contribution in [-0.2, 0) is 33.2 Å². The number of aryl methyl sites for hydroxylation is 2. The fraction of sp³-hybridized carbons (Fsp3) is 0.368. The Balaban J connectivity index is 1.75. The minimum Gasteiger partial charge on any atom is -0.370 e. The summed E-state index contributed by atoms with van der Waals surface area (Å²) >= 11 is 0. The highest BCUT2D eigenvalue weighted by Crippen LogP contribution is 2.19. The molecule has 1 fully saturated rings. The highest BCUT2D eigenvalue weighted by atomic mass is 32.2. The van der Waals surface area contributed by atoms with Crippen molar-refractivity contribution in [2.45, 2.75) is 30.6 Å². The van der Waals surface area contributed by atoms with Gasteiger partial charge in [-0.2, -0.15) is 5.10 Å². The van der Waals surface area contributed by atoms with E-state index in [-0.39, 0.29) is 23.9 Å². The van der Waals surface area contributed by atoms with E-state index in [2.05, 4.69) is 16.4 Å². The molecule has 2 aromatic rings. The molecule has 0 unspecified atom stereocenters. The molecular formula is C19H24N4O4S. The van der Waals surface area contributed by atoms with Crippen LogP contribution in [0.1, 0.15) is 11.1 Å². The molecule has 0 aliphatic carbocycles. The molecule has 1 aliphatic heterocycles. The number of hydrogen-bond acceptors (Lipinski definition) is 5. The third-order valence-electron chi connectivity index (χ3n) is 4.60. The van der Waals surface area contributed by atoms with Gasteiger partial charge in [0.1, 0.15) is 4.90 Å². The van der Waals surface area contributed by atoms with Crippen LogP contribution in [0.5, 0.6) is 0 Å². The molecule has 8 nitrogen and oxygen atoms in total. The van der Waals surface area contributed by atoms with Crippen LogP contribution in [0.4, 0.5) is 0 Å². The maximum atomic E-state index is 12.7. The lowest BCUT2D eigenvalue weighted by Crippen LogP contribution is -2.43. The van der Waals surface area contributed by atoms with Crippen molar-refractivity contribution < 1.29 is 17.9 Å². The number of likely N-dealkylation sites (tertiary alicyclic amines) is 1. The quantitative estimate of drug-likeness (QED) is 0.695. The van der Waals surface area contributed by atoms with E-state index in [1.165, 1.54) is 28.1 Å². The monoisotopic (exact) mass is 404 g/mol. The molecular weight excluding hydrogens is 380 g/mol. The maximum Gasteiger partial charge on any atom is 0.246 e. The lowest BCUT2D eigenvalue weighted by molar-refractivity contribution is -0.125. The molecule has 1 N–H and O–H groups in total. The van der Waals surface area contributed by atoms with Gasteiger partial charge in [-0.1, -0.05) is 36.4 Å². The smallest absolute Gasteiger partial charge is 0.246 e. The summed E-state index contributed by atoms with van der Waals surface area (Å²) in [6.07, 6.45) is 3.45. The van der Waals surface area contributed by atoms with Gasteiger partial charge in [0, 0.05) is 26.3 Å². The topological polar surface area (TPSA) is 93.5 Å². The van der Waals surface area contributed by atoms with Gasteiger partial charge < -0.3 is 9.64 Å². The van der Waals surface area contributed by atoms with E-state index >= 15 is 0 Å². The summed E-state index contributed by atoms with van der Waals surface area (Å²) in [6.45, 7) is 6.32. The third-order valence-corrected chi connectivity index (χ3v) is 6.04. The summed E-state index contributed by atoms with van der Waals surface area (Å²) in [7, 11) is -2.13. The first-order valence-corrected chi connectivity index (χ1v) is 10.4. The summed E-state index contributed by atoms with van der Waals surface area (Å²) in [5.74, 6) is -0.257. The average Bonchev–Trinajstić information content (AvgIpc) is 3.26. The number of benzene rings is 1. The van der Waals surface area contributed by atoms with Gasteiger partial charge in [0.15, 0.2) is 0 Å². The number of nitrogens with one attached hydrogen (secondary N) is 1. The second-order valence-corrected chi connectivity index (χ2v) is 8.58. The average molecular weight is 404 g/mol. The standard InChI is InChI=1S/C19H24N4O4S/c1-4-19(24)23-11-17(21-28(25,26)16-9-20-22(3)10-16)18(12-23)27-13-15-7-5-6-14(2)8-15/h4-10,17-18,21H,1,11-13H2,2-3H3/t17-,18-/m1/s1. The fourth-order valence-electron chi connectivity index (χ4n) is 3.18. The molecule has 1 aliphatic rings. The van der Waals surface area contributed by atoms with Crippen LogP contribution in [0.25, 0.3) is 0 Å². The van der Waals surface area contributed by atoms with E-state index in [4.69, 9.17) is 4.74 Å². The van der Waals surface area contributed by atoms with Crippen molar-refractivity contribution in [3.05, 3.63) is 60.4 Å². The van der Waals surface area contributed by atoms with Gasteiger partial charge in [0.05, 0.1) is 24.9 Å². The highest BCUT2D eigenvalue weighted by Gasteiger charge is 2.38. The number of nitrogens with zero attached hydrogens (tertiary/aromatic N) is 3. The molecule has 1 aromatic carbocycles. The Morgan fingerprint density at radius 1 is 1.43 bits per heavy atom. The number of rotatable bonds is 7. The molecule has 3 rings (SSSR count). The van der Waals surface area contributed by atoms with E-state index in [0.29, 0.717) is 6.61 Å². The van der Waals surface area contributed by atoms with E-state index in [1.54, 1.807) is 7.05 Å². The molecule has 0 bridgehead atoms. The van der Waals surface area contributed by atoms with E-state index in [9.17, 15) is 13.2 Å². The molecule has 1 saturated heterocycles. The van der Waals surface area contributed by atoms with Crippen molar-refractivity contribution in [3.63, 3.8) is 0 Å². The molecule has 1 amide bonds. The lowest BCUT2D eigenvalue weighted by Gasteiger charge is -2.19. The van der Waals surface area contributed by atoms with Gasteiger partial charge in [0.2, 0.25) is 15.9 Å². The second-order valence-electron chi connectivity index (χ2n) is 6.86. The zero-order valence-corrected chi connectivity index (χ0v) is 16.7. The number of hydrogen-bond donors (Lipinski definition) is 1. The van der Waals surface area contributed by atoms with Crippen LogP contribution in [0.15, 0.2) is 54.2 Å². The zero-order valence-electron chi connectivity index (χ0n) is 15.9. The summed E-state index contributed by atoms with van der Waals surface area (Å²) < 4.78 is 35.4. The summed E-state index contributed by atoms with van der Waals surface area (Å²) in [4.78, 5) is 13.6. The Labute approximate surface area is 164 Å². The van der Waals surface area contributed by atoms with Crippen molar-refractivity contribution in [1.82, 2.24) is 19.4 Å². The molecule has 2 heterocycles. The Bertz CT molecular complexity index is 970. The van der Waals surface area contributed by atoms with E-state index < -0.39 is 22.2 Å². The fourth-order valence-corrected chi connectivity index (χ4v) is 4.41. The predicted molar refractivity (Wildman–Crippen MR) is 104 cm³/mol. The lowest BCUT2D eigenvalue weighted by atomic mass is 10.1. The maximum absolute atomic E-state index is 12.7. The van der Waals surface area contributed by atoms with Gasteiger partial charge in [-0.25, -0.2) is 13.1 Å². The Kier molecular flexibility index (Phi) is 5.97. The number of carbonyl (C=O) groups excluding carboxylic acids is 1. The van der Waals surface area contributed by atoms with Crippen LogP contribution in [0.2, 0.25) is 0 Å². The molecule has 150 valence electrons. The number of sulfonamides is 1. The van der Waals surface area contributed by atoms with E-state index in [1.807, 2.05) is 31.2 Å². The van der Waals surface area contributed by atoms with Crippen LogP contribution in [-0.4, -0.2) is 54.2 Å². The van der Waals surface area contributed by atoms with Gasteiger partial charge in [-0.3, -0.25) is 9.48 Å². The summed E-state index contributed by atoms with van der Waals surface area (Å²) in [5, 5.41) is 3.91. The SMILES string of the molecule is C=CC(=O)N1C[C@@H](NS(=O)(=O)c2cnn(C)c2)[C@H](OCc2cccc(C)c2)C1. The number of carbonyl (C=O) groups is 1. The third kappa shape index (κ3) is 4.67. The van der Waals surface area contributed by atoms with Crippen LogP contribution in [0, 0.1) is 6.92 Å². The molecule has 0 saturated carbocycles. The summed E-state index contributed by atoms with van der Waals surface area (Å²) in [6, 6.07) is 7.33. The minimum absolute atomic E-state index is 0.0703. The molecule has 0 radical (unpaired) electrons. The van der Waals surface area contributed by atoms with Crippen LogP contribution in [0.3, 0.4) is 0 Å². The number of ether oxygens (including phenoxy) is 1. The first-order valence-electron chi connectivity index (χ1n) is 8.88. The van der Waals surface area contributed by atoms with Crippen molar-refractivity contribution in [1.29, 1.82) is 0 Å². The van der Waals surface area contributed by atoms with Crippen molar-refractivity contribution >= 4 is 15.9 Å². The zero-order chi connectivity index (χ0) is 20.3. The van der Waals surface area contributed by atoms with Crippen LogP contribution < -0.4 is 4.72 Å². The Hall–Kier alpha value is -2.49. The Morgan fingerprint density at radius 3 is 2.86 bits per heavy atom. The molecule has 2 atom stereocenters. The summed E-state index contributed by atoms with van der Waals surface area (Å²) in [5.41, 5.74) is 2.10. The molecule has 28 heavy (non-hydrogen) atoms. The Morgan fingerprint density at radius 2 is 2.21 bits per heavy atom. The van der Waals surface area contributed by atoms with Gasteiger partial charge in [0.25, 0.3) is 0 Å². The normalized spacial score (nSPS) is 19.7.